The molecule has 1 rings (SSSR count). The van der Waals surface area contributed by atoms with Gasteiger partial charge in [-0.2, -0.15) is 0 Å². The van der Waals surface area contributed by atoms with Crippen LogP contribution in [0.5, 0.6) is 0 Å². The summed E-state index contributed by atoms with van der Waals surface area (Å²) < 4.78 is 5.25. The molecular weight excluding hydrogens is 154 g/mol. The average Bonchev–Trinajstić information content (AvgIpc) is 2.06. The van der Waals surface area contributed by atoms with E-state index in [1.165, 1.54) is 0 Å². The van der Waals surface area contributed by atoms with Crippen LogP contribution in [0.1, 0.15) is 32.6 Å². The highest BCUT2D eigenvalue weighted by atomic mass is 16.5. The Balaban J connectivity index is 2.15. The van der Waals surface area contributed by atoms with Gasteiger partial charge in [0.2, 0.25) is 5.91 Å². The highest BCUT2D eigenvalue weighted by molar-refractivity contribution is 5.76. The van der Waals surface area contributed by atoms with Crippen molar-refractivity contribution in [1.29, 1.82) is 0 Å². The van der Waals surface area contributed by atoms with E-state index in [-0.39, 0.29) is 11.9 Å². The minimum absolute atomic E-state index is 0.160. The summed E-state index contributed by atoms with van der Waals surface area (Å²) in [6, 6.07) is 0.262. The lowest BCUT2D eigenvalue weighted by atomic mass is 10.1. The molecule has 0 saturated carbocycles. The third kappa shape index (κ3) is 3.22. The van der Waals surface area contributed by atoms with Crippen molar-refractivity contribution in [3.8, 4) is 0 Å². The van der Waals surface area contributed by atoms with Gasteiger partial charge in [-0.25, -0.2) is 0 Å². The Hall–Kier alpha value is -0.570. The van der Waals surface area contributed by atoms with Crippen LogP contribution in [0.2, 0.25) is 0 Å². The first-order valence-electron chi connectivity index (χ1n) is 4.70. The van der Waals surface area contributed by atoms with Crippen LogP contribution < -0.4 is 5.32 Å². The molecule has 3 heteroatoms. The van der Waals surface area contributed by atoms with Gasteiger partial charge in [0.1, 0.15) is 0 Å². The molecule has 3 nitrogen and oxygen atoms in total. The van der Waals surface area contributed by atoms with Gasteiger partial charge < -0.3 is 10.1 Å². The maximum Gasteiger partial charge on any atom is 0.220 e. The fraction of sp³-hybridized carbons (Fsp3) is 0.889. The molecule has 1 amide bonds. The van der Waals surface area contributed by atoms with Crippen molar-refractivity contribution in [3.05, 3.63) is 0 Å². The summed E-state index contributed by atoms with van der Waals surface area (Å²) in [6.07, 6.45) is 3.68. The smallest absolute Gasteiger partial charge is 0.220 e. The second kappa shape index (κ2) is 5.14. The highest BCUT2D eigenvalue weighted by Crippen LogP contribution is 2.05. The largest absolute Gasteiger partial charge is 0.379 e. The number of amides is 1. The van der Waals surface area contributed by atoms with Crippen LogP contribution >= 0.6 is 0 Å². The molecule has 12 heavy (non-hydrogen) atoms. The molecule has 0 bridgehead atoms. The number of carbonyl (C=O) groups excluding carboxylic acids is 1. The minimum Gasteiger partial charge on any atom is -0.379 e. The van der Waals surface area contributed by atoms with Gasteiger partial charge >= 0.3 is 0 Å². The molecule has 1 aliphatic heterocycles. The molecule has 0 aliphatic carbocycles. The molecule has 1 N–H and O–H groups in total. The normalized spacial score (nSPS) is 23.6. The van der Waals surface area contributed by atoms with Crippen molar-refractivity contribution >= 4 is 5.91 Å². The Morgan fingerprint density at radius 1 is 1.67 bits per heavy atom. The van der Waals surface area contributed by atoms with E-state index in [0.29, 0.717) is 13.0 Å². The van der Waals surface area contributed by atoms with Crippen molar-refractivity contribution in [2.75, 3.05) is 13.2 Å². The first-order chi connectivity index (χ1) is 5.83. The van der Waals surface area contributed by atoms with E-state index < -0.39 is 0 Å². The average molecular weight is 171 g/mol. The molecule has 0 aromatic carbocycles. The van der Waals surface area contributed by atoms with Crippen molar-refractivity contribution in [1.82, 2.24) is 5.32 Å². The van der Waals surface area contributed by atoms with Gasteiger partial charge in [0.25, 0.3) is 0 Å². The first-order valence-corrected chi connectivity index (χ1v) is 4.70. The second-order valence-electron chi connectivity index (χ2n) is 3.23. The van der Waals surface area contributed by atoms with Crippen molar-refractivity contribution in [2.45, 2.75) is 38.6 Å². The summed E-state index contributed by atoms with van der Waals surface area (Å²) >= 11 is 0. The number of hydrogen-bond donors (Lipinski definition) is 1. The summed E-state index contributed by atoms with van der Waals surface area (Å²) in [6.45, 7) is 3.55. The van der Waals surface area contributed by atoms with Gasteiger partial charge in [-0.15, -0.1) is 0 Å². The van der Waals surface area contributed by atoms with Crippen LogP contribution in [-0.2, 0) is 9.53 Å². The lowest BCUT2D eigenvalue weighted by Gasteiger charge is -2.22. The molecule has 1 fully saturated rings. The maximum atomic E-state index is 11.1. The van der Waals surface area contributed by atoms with Gasteiger partial charge in [-0.05, 0) is 19.3 Å². The highest BCUT2D eigenvalue weighted by Gasteiger charge is 2.14. The minimum atomic E-state index is 0.160. The zero-order valence-electron chi connectivity index (χ0n) is 7.64. The Morgan fingerprint density at radius 3 is 3.08 bits per heavy atom. The lowest BCUT2D eigenvalue weighted by molar-refractivity contribution is -0.122. The number of hydrogen-bond acceptors (Lipinski definition) is 2. The van der Waals surface area contributed by atoms with Crippen molar-refractivity contribution in [2.24, 2.45) is 0 Å². The first kappa shape index (κ1) is 9.52. The second-order valence-corrected chi connectivity index (χ2v) is 3.23. The number of nitrogens with one attached hydrogen (secondary N) is 1. The molecule has 1 atom stereocenters. The van der Waals surface area contributed by atoms with E-state index in [4.69, 9.17) is 4.74 Å². The van der Waals surface area contributed by atoms with E-state index >= 15 is 0 Å². The van der Waals surface area contributed by atoms with Crippen LogP contribution in [0.25, 0.3) is 0 Å². The summed E-state index contributed by atoms with van der Waals surface area (Å²) in [4.78, 5) is 11.1. The molecular formula is C9H17NO2. The molecule has 0 aromatic heterocycles. The Morgan fingerprint density at radius 2 is 2.50 bits per heavy atom. The fourth-order valence-corrected chi connectivity index (χ4v) is 1.38. The molecule has 1 saturated heterocycles. The molecule has 1 unspecified atom stereocenters. The van der Waals surface area contributed by atoms with Crippen LogP contribution in [-0.4, -0.2) is 25.2 Å². The molecule has 1 aliphatic rings. The predicted octanol–water partition coefficient (Wildman–Crippen LogP) is 1.08. The van der Waals surface area contributed by atoms with E-state index in [9.17, 15) is 4.79 Å². The summed E-state index contributed by atoms with van der Waals surface area (Å²) in [5.74, 6) is 0.160. The van der Waals surface area contributed by atoms with Crippen molar-refractivity contribution in [3.63, 3.8) is 0 Å². The Kier molecular flexibility index (Phi) is 4.08. The van der Waals surface area contributed by atoms with Gasteiger partial charge in [-0.1, -0.05) is 6.92 Å². The lowest BCUT2D eigenvalue weighted by Crippen LogP contribution is -2.40. The van der Waals surface area contributed by atoms with Gasteiger partial charge in [0, 0.05) is 13.0 Å². The molecule has 0 aromatic rings. The van der Waals surface area contributed by atoms with Crippen LogP contribution in [0, 0.1) is 0 Å². The quantitative estimate of drug-likeness (QED) is 0.690. The van der Waals surface area contributed by atoms with E-state index in [1.54, 1.807) is 0 Å². The third-order valence-electron chi connectivity index (χ3n) is 2.00. The summed E-state index contributed by atoms with van der Waals surface area (Å²) in [5, 5.41) is 2.96. The number of carbonyl (C=O) groups is 1. The number of rotatable bonds is 3. The zero-order chi connectivity index (χ0) is 8.81. The summed E-state index contributed by atoms with van der Waals surface area (Å²) in [7, 11) is 0. The molecule has 1 heterocycles. The van der Waals surface area contributed by atoms with Gasteiger partial charge in [-0.3, -0.25) is 4.79 Å². The van der Waals surface area contributed by atoms with Crippen molar-refractivity contribution < 1.29 is 9.53 Å². The van der Waals surface area contributed by atoms with Crippen LogP contribution in [0.4, 0.5) is 0 Å². The Bertz CT molecular complexity index is 141. The zero-order valence-corrected chi connectivity index (χ0v) is 7.64. The number of ether oxygens (including phenoxy) is 1. The van der Waals surface area contributed by atoms with Gasteiger partial charge in [0.15, 0.2) is 0 Å². The van der Waals surface area contributed by atoms with Gasteiger partial charge in [0.05, 0.1) is 12.6 Å². The third-order valence-corrected chi connectivity index (χ3v) is 2.00. The van der Waals surface area contributed by atoms with E-state index in [2.05, 4.69) is 5.32 Å². The fourth-order valence-electron chi connectivity index (χ4n) is 1.38. The predicted molar refractivity (Wildman–Crippen MR) is 46.9 cm³/mol. The molecule has 0 spiro atoms. The van der Waals surface area contributed by atoms with Crippen LogP contribution in [0.3, 0.4) is 0 Å². The standard InChI is InChI=1S/C9H17NO2/c1-2-4-9(11)10-8-5-3-6-12-7-8/h8H,2-7H2,1H3,(H,10,11). The molecule has 0 radical (unpaired) electrons. The molecule has 70 valence electrons. The van der Waals surface area contributed by atoms with Crippen LogP contribution in [0.15, 0.2) is 0 Å². The maximum absolute atomic E-state index is 11.1. The monoisotopic (exact) mass is 171 g/mol. The topological polar surface area (TPSA) is 38.3 Å². The summed E-state index contributed by atoms with van der Waals surface area (Å²) in [5.41, 5.74) is 0. The van der Waals surface area contributed by atoms with E-state index in [0.717, 1.165) is 25.9 Å². The SMILES string of the molecule is CCCC(=O)NC1CCCOC1. The Labute approximate surface area is 73.5 Å². The van der Waals surface area contributed by atoms with E-state index in [1.807, 2.05) is 6.92 Å².